The van der Waals surface area contributed by atoms with Crippen molar-refractivity contribution in [2.24, 2.45) is 0 Å². The van der Waals surface area contributed by atoms with E-state index in [0.717, 1.165) is 5.56 Å². The number of ether oxygens (including phenoxy) is 1. The molecule has 1 heterocycles. The summed E-state index contributed by atoms with van der Waals surface area (Å²) in [5.41, 5.74) is 1.57. The first-order chi connectivity index (χ1) is 14.7. The number of hydrogen-bond acceptors (Lipinski definition) is 5. The summed E-state index contributed by atoms with van der Waals surface area (Å²) in [6.45, 7) is 0. The maximum atomic E-state index is 13.3. The zero-order chi connectivity index (χ0) is 20.8. The molecule has 5 heteroatoms. The number of thioether (sulfide) groups is 1. The fraction of sp³-hybridized carbons (Fsp3) is 0.0800. The molecule has 30 heavy (non-hydrogen) atoms. The first kappa shape index (κ1) is 19.9. The second-order valence-corrected chi connectivity index (χ2v) is 7.71. The fourth-order valence-electron chi connectivity index (χ4n) is 3.11. The van der Waals surface area contributed by atoms with Gasteiger partial charge in [-0.2, -0.15) is 0 Å². The Bertz CT molecular complexity index is 1110. The first-order valence-corrected chi connectivity index (χ1v) is 10.4. The van der Waals surface area contributed by atoms with E-state index in [1.807, 2.05) is 66.7 Å². The van der Waals surface area contributed by atoms with Gasteiger partial charge in [0.25, 0.3) is 0 Å². The van der Waals surface area contributed by atoms with Crippen molar-refractivity contribution in [2.45, 2.75) is 17.9 Å². The third-order valence-corrected chi connectivity index (χ3v) is 5.68. The molecule has 0 radical (unpaired) electrons. The molecular weight excluding hydrogens is 394 g/mol. The molecule has 0 spiro atoms. The Morgan fingerprint density at radius 1 is 0.800 bits per heavy atom. The Morgan fingerprint density at radius 3 is 2.20 bits per heavy atom. The lowest BCUT2D eigenvalue weighted by Gasteiger charge is -2.19. The van der Waals surface area contributed by atoms with Crippen molar-refractivity contribution in [3.8, 4) is 5.75 Å². The highest BCUT2D eigenvalue weighted by Gasteiger charge is 2.30. The van der Waals surface area contributed by atoms with E-state index in [0.29, 0.717) is 34.1 Å². The van der Waals surface area contributed by atoms with Crippen LogP contribution in [-0.4, -0.2) is 16.6 Å². The summed E-state index contributed by atoms with van der Waals surface area (Å²) in [4.78, 5) is 30.9. The van der Waals surface area contributed by atoms with E-state index in [1.54, 1.807) is 18.3 Å². The second kappa shape index (κ2) is 9.37. The zero-order valence-electron chi connectivity index (χ0n) is 16.2. The lowest BCUT2D eigenvalue weighted by atomic mass is 9.95. The maximum Gasteiger partial charge on any atom is 0.225 e. The van der Waals surface area contributed by atoms with E-state index in [2.05, 4.69) is 4.98 Å². The molecule has 148 valence electrons. The minimum absolute atomic E-state index is 0.0552. The summed E-state index contributed by atoms with van der Waals surface area (Å²) in [5, 5.41) is 0.673. The standard InChI is InChI=1S/C25H19NO3S/c27-21-17-22(29-19-11-5-2-6-12-19)24(28)20(15-14-18-9-3-1-4-10-18)25(21)30-23-13-7-8-16-26-23/h1-13,16-17H,14-15H2. The van der Waals surface area contributed by atoms with Crippen LogP contribution in [0.15, 0.2) is 112 Å². The topological polar surface area (TPSA) is 56.3 Å². The fourth-order valence-corrected chi connectivity index (χ4v) is 4.05. The van der Waals surface area contributed by atoms with Crippen LogP contribution in [0.3, 0.4) is 0 Å². The molecule has 0 saturated heterocycles. The van der Waals surface area contributed by atoms with E-state index in [1.165, 1.54) is 17.8 Å². The molecular formula is C25H19NO3S. The molecule has 3 aromatic rings. The van der Waals surface area contributed by atoms with Crippen molar-refractivity contribution in [1.82, 2.24) is 4.98 Å². The summed E-state index contributed by atoms with van der Waals surface area (Å²) in [5.74, 6) is 0.0832. The van der Waals surface area contributed by atoms with Crippen LogP contribution in [-0.2, 0) is 16.0 Å². The van der Waals surface area contributed by atoms with Gasteiger partial charge in [0.05, 0.1) is 4.91 Å². The number of aryl methyl sites for hydroxylation is 1. The van der Waals surface area contributed by atoms with Gasteiger partial charge in [-0.15, -0.1) is 0 Å². The van der Waals surface area contributed by atoms with Crippen molar-refractivity contribution in [1.29, 1.82) is 0 Å². The third-order valence-electron chi connectivity index (χ3n) is 4.58. The molecule has 0 atom stereocenters. The highest BCUT2D eigenvalue weighted by atomic mass is 32.2. The molecule has 0 fully saturated rings. The number of pyridine rings is 1. The van der Waals surface area contributed by atoms with E-state index in [4.69, 9.17) is 4.74 Å². The van der Waals surface area contributed by atoms with Crippen LogP contribution >= 0.6 is 11.8 Å². The quantitative estimate of drug-likeness (QED) is 0.500. The van der Waals surface area contributed by atoms with Gasteiger partial charge < -0.3 is 4.74 Å². The predicted molar refractivity (Wildman–Crippen MR) is 117 cm³/mol. The number of aromatic nitrogens is 1. The van der Waals surface area contributed by atoms with E-state index >= 15 is 0 Å². The van der Waals surface area contributed by atoms with Gasteiger partial charge in [-0.25, -0.2) is 4.98 Å². The van der Waals surface area contributed by atoms with Crippen LogP contribution in [0.1, 0.15) is 12.0 Å². The largest absolute Gasteiger partial charge is 0.453 e. The highest BCUT2D eigenvalue weighted by Crippen LogP contribution is 2.35. The van der Waals surface area contributed by atoms with Crippen LogP contribution < -0.4 is 4.74 Å². The molecule has 4 nitrogen and oxygen atoms in total. The lowest BCUT2D eigenvalue weighted by molar-refractivity contribution is -0.117. The van der Waals surface area contributed by atoms with Crippen LogP contribution in [0.2, 0.25) is 0 Å². The van der Waals surface area contributed by atoms with Gasteiger partial charge in [-0.05, 0) is 42.7 Å². The van der Waals surface area contributed by atoms with Gasteiger partial charge in [0.15, 0.2) is 11.5 Å². The monoisotopic (exact) mass is 413 g/mol. The summed E-state index contributed by atoms with van der Waals surface area (Å²) in [6, 6.07) is 24.4. The Morgan fingerprint density at radius 2 is 1.50 bits per heavy atom. The van der Waals surface area contributed by atoms with Crippen LogP contribution in [0.25, 0.3) is 0 Å². The minimum Gasteiger partial charge on any atom is -0.453 e. The number of allylic oxidation sites excluding steroid dienone is 3. The number of rotatable bonds is 7. The van der Waals surface area contributed by atoms with E-state index in [9.17, 15) is 9.59 Å². The van der Waals surface area contributed by atoms with Gasteiger partial charge in [-0.3, -0.25) is 9.59 Å². The van der Waals surface area contributed by atoms with Crippen molar-refractivity contribution in [3.05, 3.63) is 113 Å². The summed E-state index contributed by atoms with van der Waals surface area (Å²) in [6.07, 6.45) is 4.05. The van der Waals surface area contributed by atoms with Crippen molar-refractivity contribution >= 4 is 23.3 Å². The molecule has 1 aromatic heterocycles. The number of benzene rings is 2. The minimum atomic E-state index is -0.257. The normalized spacial score (nSPS) is 13.9. The maximum absolute atomic E-state index is 13.3. The van der Waals surface area contributed by atoms with E-state index < -0.39 is 0 Å². The molecule has 1 aliphatic rings. The highest BCUT2D eigenvalue weighted by molar-refractivity contribution is 8.04. The number of carbonyl (C=O) groups is 2. The number of Topliss-reactive ketones (excluding diaryl/α,β-unsaturated/α-hetero) is 1. The number of para-hydroxylation sites is 1. The molecule has 0 N–H and O–H groups in total. The number of nitrogens with zero attached hydrogens (tertiary/aromatic N) is 1. The van der Waals surface area contributed by atoms with Crippen molar-refractivity contribution in [3.63, 3.8) is 0 Å². The van der Waals surface area contributed by atoms with Gasteiger partial charge in [0, 0.05) is 17.8 Å². The molecule has 0 aliphatic heterocycles. The summed E-state index contributed by atoms with van der Waals surface area (Å²) >= 11 is 1.23. The SMILES string of the molecule is O=C1C=C(Oc2ccccc2)C(=O)C(CCc2ccccc2)=C1Sc1ccccn1. The lowest BCUT2D eigenvalue weighted by Crippen LogP contribution is -2.22. The van der Waals surface area contributed by atoms with Crippen LogP contribution in [0, 0.1) is 0 Å². The Hall–Kier alpha value is -3.44. The van der Waals surface area contributed by atoms with Crippen LogP contribution in [0.4, 0.5) is 0 Å². The third kappa shape index (κ3) is 4.75. The zero-order valence-corrected chi connectivity index (χ0v) is 17.0. The average Bonchev–Trinajstić information content (AvgIpc) is 2.79. The van der Waals surface area contributed by atoms with Gasteiger partial charge in [-0.1, -0.05) is 66.4 Å². The number of carbonyl (C=O) groups excluding carboxylic acids is 2. The van der Waals surface area contributed by atoms with E-state index in [-0.39, 0.29) is 17.3 Å². The molecule has 2 aromatic carbocycles. The van der Waals surface area contributed by atoms with Gasteiger partial charge in [0.2, 0.25) is 5.78 Å². The van der Waals surface area contributed by atoms with Crippen molar-refractivity contribution < 1.29 is 14.3 Å². The number of ketones is 2. The Balaban J connectivity index is 1.64. The Kier molecular flexibility index (Phi) is 6.20. The molecule has 4 rings (SSSR count). The van der Waals surface area contributed by atoms with Crippen molar-refractivity contribution in [2.75, 3.05) is 0 Å². The predicted octanol–water partition coefficient (Wildman–Crippen LogP) is 5.18. The number of hydrogen-bond donors (Lipinski definition) is 0. The first-order valence-electron chi connectivity index (χ1n) is 9.60. The summed E-state index contributed by atoms with van der Waals surface area (Å²) < 4.78 is 5.75. The smallest absolute Gasteiger partial charge is 0.225 e. The van der Waals surface area contributed by atoms with Gasteiger partial charge >= 0.3 is 0 Å². The molecule has 0 saturated carbocycles. The summed E-state index contributed by atoms with van der Waals surface area (Å²) in [7, 11) is 0. The molecule has 0 unspecified atom stereocenters. The average molecular weight is 413 g/mol. The second-order valence-electron chi connectivity index (χ2n) is 6.68. The molecule has 0 amide bonds. The van der Waals surface area contributed by atoms with Crippen LogP contribution in [0.5, 0.6) is 5.75 Å². The molecule has 1 aliphatic carbocycles. The molecule has 0 bridgehead atoms. The Labute approximate surface area is 179 Å². The van der Waals surface area contributed by atoms with Gasteiger partial charge in [0.1, 0.15) is 10.8 Å².